The van der Waals surface area contributed by atoms with E-state index in [1.54, 1.807) is 7.11 Å². The number of pyridine rings is 1. The molecule has 2 atom stereocenters. The minimum Gasteiger partial charge on any atom is -0.497 e. The normalized spacial score (nSPS) is 17.8. The zero-order valence-electron chi connectivity index (χ0n) is 18.3. The van der Waals surface area contributed by atoms with Crippen molar-refractivity contribution in [1.29, 1.82) is 0 Å². The number of hydrogen-bond acceptors (Lipinski definition) is 3. The number of halogens is 1. The molecular formula is C26H23BrN4OS. The van der Waals surface area contributed by atoms with E-state index in [-0.39, 0.29) is 12.1 Å². The monoisotopic (exact) mass is 518 g/mol. The molecular weight excluding hydrogens is 496 g/mol. The number of nitrogens with zero attached hydrogens (tertiary/aromatic N) is 3. The van der Waals surface area contributed by atoms with E-state index < -0.39 is 0 Å². The van der Waals surface area contributed by atoms with Crippen molar-refractivity contribution < 1.29 is 4.74 Å². The molecule has 1 saturated heterocycles. The molecule has 0 unspecified atom stereocenters. The van der Waals surface area contributed by atoms with Crippen molar-refractivity contribution >= 4 is 38.9 Å². The fraction of sp³-hybridized carbons (Fsp3) is 0.154. The van der Waals surface area contributed by atoms with E-state index in [1.165, 1.54) is 0 Å². The number of nitrogens with one attached hydrogen (secondary N) is 1. The van der Waals surface area contributed by atoms with Crippen LogP contribution in [0.2, 0.25) is 0 Å². The van der Waals surface area contributed by atoms with Gasteiger partial charge in [-0.1, -0.05) is 22.0 Å². The number of methoxy groups -OCH3 is 1. The molecule has 0 bridgehead atoms. The van der Waals surface area contributed by atoms with Gasteiger partial charge in [0.05, 0.1) is 18.8 Å². The molecule has 2 aromatic heterocycles. The summed E-state index contributed by atoms with van der Waals surface area (Å²) < 4.78 is 8.62. The summed E-state index contributed by atoms with van der Waals surface area (Å²) in [5.41, 5.74) is 5.31. The lowest BCUT2D eigenvalue weighted by Gasteiger charge is -2.29. The van der Waals surface area contributed by atoms with Gasteiger partial charge in [0, 0.05) is 33.9 Å². The van der Waals surface area contributed by atoms with Gasteiger partial charge in [0.1, 0.15) is 11.8 Å². The summed E-state index contributed by atoms with van der Waals surface area (Å²) in [6, 6.07) is 24.4. The summed E-state index contributed by atoms with van der Waals surface area (Å²) in [6.07, 6.45) is 3.91. The van der Waals surface area contributed by atoms with Gasteiger partial charge in [0.25, 0.3) is 0 Å². The molecule has 7 heteroatoms. The Bertz CT molecular complexity index is 1290. The average Bonchev–Trinajstić information content (AvgIpc) is 3.46. The molecule has 1 aliphatic rings. The highest BCUT2D eigenvalue weighted by atomic mass is 79.9. The Morgan fingerprint density at radius 2 is 1.79 bits per heavy atom. The van der Waals surface area contributed by atoms with Crippen LogP contribution in [-0.4, -0.2) is 21.8 Å². The van der Waals surface area contributed by atoms with E-state index >= 15 is 0 Å². The van der Waals surface area contributed by atoms with Crippen LogP contribution < -0.4 is 15.0 Å². The predicted octanol–water partition coefficient (Wildman–Crippen LogP) is 6.13. The number of benzene rings is 2. The highest BCUT2D eigenvalue weighted by Gasteiger charge is 2.42. The molecule has 0 amide bonds. The molecule has 1 fully saturated rings. The number of hydrogen-bond donors (Lipinski definition) is 1. The SMILES string of the molecule is COc1ccc(-n2cccc2[C@@H]2[C@@H](c3ccccn3)NC(=S)N2c2ccc(Br)c(C)c2)cc1. The number of aryl methyl sites for hydroxylation is 1. The third-order valence-electron chi connectivity index (χ3n) is 5.95. The molecule has 5 rings (SSSR count). The van der Waals surface area contributed by atoms with Gasteiger partial charge in [0.2, 0.25) is 0 Å². The van der Waals surface area contributed by atoms with Gasteiger partial charge >= 0.3 is 0 Å². The van der Waals surface area contributed by atoms with Gasteiger partial charge in [-0.25, -0.2) is 0 Å². The Hall–Kier alpha value is -3.16. The van der Waals surface area contributed by atoms with E-state index in [0.717, 1.165) is 38.5 Å². The van der Waals surface area contributed by atoms with Crippen LogP contribution in [-0.2, 0) is 0 Å². The van der Waals surface area contributed by atoms with Crippen molar-refractivity contribution in [3.05, 3.63) is 107 Å². The third-order valence-corrected chi connectivity index (χ3v) is 7.16. The maximum Gasteiger partial charge on any atom is 0.174 e. The topological polar surface area (TPSA) is 42.3 Å². The summed E-state index contributed by atoms with van der Waals surface area (Å²) in [6.45, 7) is 2.09. The lowest BCUT2D eigenvalue weighted by Crippen LogP contribution is -2.30. The molecule has 5 nitrogen and oxygen atoms in total. The van der Waals surface area contributed by atoms with Gasteiger partial charge in [-0.15, -0.1) is 0 Å². The van der Waals surface area contributed by atoms with E-state index in [4.69, 9.17) is 17.0 Å². The third kappa shape index (κ3) is 4.03. The highest BCUT2D eigenvalue weighted by Crippen LogP contribution is 2.42. The van der Waals surface area contributed by atoms with E-state index in [1.807, 2.05) is 36.5 Å². The van der Waals surface area contributed by atoms with Crippen molar-refractivity contribution in [3.8, 4) is 11.4 Å². The van der Waals surface area contributed by atoms with Crippen molar-refractivity contribution in [2.24, 2.45) is 0 Å². The van der Waals surface area contributed by atoms with Crippen LogP contribution in [0.4, 0.5) is 5.69 Å². The van der Waals surface area contributed by atoms with Crippen LogP contribution >= 0.6 is 28.1 Å². The Morgan fingerprint density at radius 1 is 1.00 bits per heavy atom. The summed E-state index contributed by atoms with van der Waals surface area (Å²) in [5, 5.41) is 4.22. The first-order valence-electron chi connectivity index (χ1n) is 10.7. The molecule has 2 aromatic carbocycles. The van der Waals surface area contributed by atoms with Gasteiger partial charge in [0.15, 0.2) is 5.11 Å². The minimum atomic E-state index is -0.102. The highest BCUT2D eigenvalue weighted by molar-refractivity contribution is 9.10. The number of thiocarbonyl (C=S) groups is 1. The first-order valence-corrected chi connectivity index (χ1v) is 11.9. The molecule has 0 saturated carbocycles. The lowest BCUT2D eigenvalue weighted by molar-refractivity contribution is 0.414. The van der Waals surface area contributed by atoms with E-state index in [2.05, 4.69) is 91.3 Å². The summed E-state index contributed by atoms with van der Waals surface area (Å²) in [7, 11) is 1.68. The van der Waals surface area contributed by atoms with Crippen molar-refractivity contribution in [2.45, 2.75) is 19.0 Å². The second-order valence-corrected chi connectivity index (χ2v) is 9.17. The van der Waals surface area contributed by atoms with Crippen LogP contribution in [0.3, 0.4) is 0 Å². The van der Waals surface area contributed by atoms with Crippen LogP contribution in [0, 0.1) is 6.92 Å². The molecule has 33 heavy (non-hydrogen) atoms. The van der Waals surface area contributed by atoms with Crippen LogP contribution in [0.1, 0.15) is 29.0 Å². The summed E-state index contributed by atoms with van der Waals surface area (Å²) in [4.78, 5) is 6.86. The number of rotatable bonds is 5. The molecule has 166 valence electrons. The van der Waals surface area contributed by atoms with Gasteiger partial charge in [-0.3, -0.25) is 4.98 Å². The van der Waals surface area contributed by atoms with Gasteiger partial charge < -0.3 is 19.5 Å². The average molecular weight is 519 g/mol. The van der Waals surface area contributed by atoms with Crippen LogP contribution in [0.25, 0.3) is 5.69 Å². The fourth-order valence-corrected chi connectivity index (χ4v) is 4.92. The predicted molar refractivity (Wildman–Crippen MR) is 139 cm³/mol. The Labute approximate surface area is 207 Å². The first kappa shape index (κ1) is 21.7. The quantitative estimate of drug-likeness (QED) is 0.322. The molecule has 3 heterocycles. The van der Waals surface area contributed by atoms with Crippen molar-refractivity contribution in [1.82, 2.24) is 14.9 Å². The maximum absolute atomic E-state index is 5.87. The summed E-state index contributed by atoms with van der Waals surface area (Å²) in [5.74, 6) is 0.828. The summed E-state index contributed by atoms with van der Waals surface area (Å²) >= 11 is 9.49. The fourth-order valence-electron chi connectivity index (χ4n) is 4.33. The lowest BCUT2D eigenvalue weighted by atomic mass is 10.0. The molecule has 0 spiro atoms. The number of anilines is 1. The number of aromatic nitrogens is 2. The largest absolute Gasteiger partial charge is 0.497 e. The number of ether oxygens (including phenoxy) is 1. The zero-order chi connectivity index (χ0) is 22.9. The maximum atomic E-state index is 5.87. The molecule has 1 N–H and O–H groups in total. The Morgan fingerprint density at radius 3 is 2.48 bits per heavy atom. The second-order valence-electron chi connectivity index (χ2n) is 7.93. The second kappa shape index (κ2) is 9.00. The Balaban J connectivity index is 1.65. The molecule has 0 aliphatic carbocycles. The van der Waals surface area contributed by atoms with Gasteiger partial charge in [-0.05, 0) is 91.4 Å². The first-order chi connectivity index (χ1) is 16.1. The van der Waals surface area contributed by atoms with Crippen molar-refractivity contribution in [3.63, 3.8) is 0 Å². The molecule has 4 aromatic rings. The minimum absolute atomic E-state index is 0.0925. The van der Waals surface area contributed by atoms with Gasteiger partial charge in [-0.2, -0.15) is 0 Å². The molecule has 0 radical (unpaired) electrons. The zero-order valence-corrected chi connectivity index (χ0v) is 20.7. The molecule has 1 aliphatic heterocycles. The Kier molecular flexibility index (Phi) is 5.91. The van der Waals surface area contributed by atoms with Crippen molar-refractivity contribution in [2.75, 3.05) is 12.0 Å². The standard InChI is InChI=1S/C26H23BrN4OS/c1-17-16-19(10-13-21(17)27)31-25(24(29-26(31)33)22-6-3-4-14-28-22)23-7-5-15-30(23)18-8-11-20(32-2)12-9-18/h3-16,24-25H,1-2H3,(H,29,33)/t24-,25-/m1/s1. The van der Waals surface area contributed by atoms with Crippen LogP contribution in [0.15, 0.2) is 89.7 Å². The van der Waals surface area contributed by atoms with E-state index in [9.17, 15) is 0 Å². The van der Waals surface area contributed by atoms with E-state index in [0.29, 0.717) is 5.11 Å². The smallest absolute Gasteiger partial charge is 0.174 e. The van der Waals surface area contributed by atoms with Crippen LogP contribution in [0.5, 0.6) is 5.75 Å².